The first-order chi connectivity index (χ1) is 7.84. The highest BCUT2D eigenvalue weighted by molar-refractivity contribution is 5.73. The number of halogens is 1. The van der Waals surface area contributed by atoms with Gasteiger partial charge in [0.05, 0.1) is 0 Å². The summed E-state index contributed by atoms with van der Waals surface area (Å²) in [7, 11) is 0. The van der Waals surface area contributed by atoms with Crippen LogP contribution in [0.3, 0.4) is 0 Å². The van der Waals surface area contributed by atoms with E-state index in [1.807, 2.05) is 24.3 Å². The van der Waals surface area contributed by atoms with Gasteiger partial charge in [-0.25, -0.2) is 4.39 Å². The minimum atomic E-state index is -0.331. The second-order valence-electron chi connectivity index (χ2n) is 3.43. The Morgan fingerprint density at radius 3 is 2.00 bits per heavy atom. The molecule has 78 valence electrons. The third-order valence-electron chi connectivity index (χ3n) is 2.35. The highest BCUT2D eigenvalue weighted by atomic mass is 19.1. The van der Waals surface area contributed by atoms with Gasteiger partial charge < -0.3 is 0 Å². The fraction of sp³-hybridized carbons (Fsp3) is 0. The van der Waals surface area contributed by atoms with Crippen LogP contribution in [-0.4, -0.2) is 15.0 Å². The molecule has 0 aliphatic heterocycles. The first-order valence-electron chi connectivity index (χ1n) is 4.91. The third-order valence-corrected chi connectivity index (χ3v) is 2.35. The Kier molecular flexibility index (Phi) is 1.93. The summed E-state index contributed by atoms with van der Waals surface area (Å²) in [6.07, 6.45) is 0. The maximum Gasteiger partial charge on any atom is 0.150 e. The summed E-state index contributed by atoms with van der Waals surface area (Å²) < 4.78 is 13.5. The molecule has 16 heavy (non-hydrogen) atoms. The average molecular weight is 213 g/mol. The second kappa shape index (κ2) is 3.41. The topological polar surface area (TPSA) is 30.7 Å². The van der Waals surface area contributed by atoms with E-state index in [9.17, 15) is 4.39 Å². The second-order valence-corrected chi connectivity index (χ2v) is 3.43. The molecule has 0 aliphatic carbocycles. The maximum atomic E-state index is 13.5. The Balaban J connectivity index is 2.23. The van der Waals surface area contributed by atoms with Crippen molar-refractivity contribution in [3.05, 3.63) is 54.3 Å². The summed E-state index contributed by atoms with van der Waals surface area (Å²) in [5, 5.41) is 8.42. The van der Waals surface area contributed by atoms with Crippen LogP contribution < -0.4 is 0 Å². The zero-order chi connectivity index (χ0) is 11.0. The van der Waals surface area contributed by atoms with Crippen LogP contribution in [-0.2, 0) is 0 Å². The van der Waals surface area contributed by atoms with Gasteiger partial charge in [-0.2, -0.15) is 0 Å². The van der Waals surface area contributed by atoms with Crippen LogP contribution in [0.2, 0.25) is 0 Å². The number of para-hydroxylation sites is 1. The van der Waals surface area contributed by atoms with E-state index in [-0.39, 0.29) is 5.82 Å². The van der Waals surface area contributed by atoms with Crippen LogP contribution in [0, 0.1) is 5.82 Å². The lowest BCUT2D eigenvalue weighted by molar-refractivity contribution is 0.598. The average Bonchev–Trinajstić information content (AvgIpc) is 2.73. The van der Waals surface area contributed by atoms with Crippen molar-refractivity contribution in [2.24, 2.45) is 0 Å². The monoisotopic (exact) mass is 213 g/mol. The molecule has 0 fully saturated rings. The molecule has 0 N–H and O–H groups in total. The van der Waals surface area contributed by atoms with E-state index in [0.29, 0.717) is 5.69 Å². The lowest BCUT2D eigenvalue weighted by atomic mass is 10.3. The van der Waals surface area contributed by atoms with E-state index in [2.05, 4.69) is 10.2 Å². The van der Waals surface area contributed by atoms with Crippen LogP contribution >= 0.6 is 0 Å². The Labute approximate surface area is 91.1 Å². The minimum absolute atomic E-state index is 0.331. The van der Waals surface area contributed by atoms with Crippen LogP contribution in [0.4, 0.5) is 4.39 Å². The van der Waals surface area contributed by atoms with Gasteiger partial charge in [0.15, 0.2) is 5.82 Å². The number of rotatable bonds is 1. The predicted octanol–water partition coefficient (Wildman–Crippen LogP) is 2.56. The standard InChI is InChI=1S/C12H8FN3/c13-9-5-1-4-8-12(9)16-14-10-6-2-3-7-11(10)15-16/h1-8H. The molecule has 0 bridgehead atoms. The lowest BCUT2D eigenvalue weighted by Gasteiger charge is -1.99. The molecule has 1 aromatic heterocycles. The van der Waals surface area contributed by atoms with Crippen molar-refractivity contribution in [1.82, 2.24) is 15.0 Å². The van der Waals surface area contributed by atoms with E-state index >= 15 is 0 Å². The number of hydrogen-bond acceptors (Lipinski definition) is 2. The largest absolute Gasteiger partial charge is 0.205 e. The number of fused-ring (bicyclic) bond motifs is 1. The van der Waals surface area contributed by atoms with Crippen LogP contribution in [0.15, 0.2) is 48.5 Å². The fourth-order valence-electron chi connectivity index (χ4n) is 1.58. The van der Waals surface area contributed by atoms with Crippen molar-refractivity contribution in [2.45, 2.75) is 0 Å². The number of benzene rings is 2. The van der Waals surface area contributed by atoms with Gasteiger partial charge in [-0.1, -0.05) is 24.3 Å². The quantitative estimate of drug-likeness (QED) is 0.622. The molecule has 0 spiro atoms. The molecule has 0 unspecified atom stereocenters. The van der Waals surface area contributed by atoms with Gasteiger partial charge in [-0.15, -0.1) is 15.0 Å². The van der Waals surface area contributed by atoms with Crippen LogP contribution in [0.25, 0.3) is 16.7 Å². The van der Waals surface area contributed by atoms with E-state index < -0.39 is 0 Å². The molecule has 4 heteroatoms. The van der Waals surface area contributed by atoms with E-state index in [1.165, 1.54) is 10.9 Å². The molecular formula is C12H8FN3. The fourth-order valence-corrected chi connectivity index (χ4v) is 1.58. The highest BCUT2D eigenvalue weighted by Gasteiger charge is 2.07. The zero-order valence-electron chi connectivity index (χ0n) is 8.34. The first-order valence-corrected chi connectivity index (χ1v) is 4.91. The van der Waals surface area contributed by atoms with Gasteiger partial charge in [-0.05, 0) is 24.3 Å². The molecule has 0 saturated heterocycles. The highest BCUT2D eigenvalue weighted by Crippen LogP contribution is 2.14. The molecule has 0 radical (unpaired) electrons. The zero-order valence-corrected chi connectivity index (χ0v) is 8.34. The Morgan fingerprint density at radius 2 is 1.38 bits per heavy atom. The molecule has 1 heterocycles. The van der Waals surface area contributed by atoms with Crippen molar-refractivity contribution in [3.63, 3.8) is 0 Å². The van der Waals surface area contributed by atoms with Crippen LogP contribution in [0.5, 0.6) is 0 Å². The van der Waals surface area contributed by atoms with E-state index in [0.717, 1.165) is 11.0 Å². The lowest BCUT2D eigenvalue weighted by Crippen LogP contribution is -2.00. The Hall–Kier alpha value is -2.23. The molecule has 3 rings (SSSR count). The third kappa shape index (κ3) is 1.35. The summed E-state index contributed by atoms with van der Waals surface area (Å²) in [6, 6.07) is 13.9. The smallest absolute Gasteiger partial charge is 0.150 e. The van der Waals surface area contributed by atoms with Crippen molar-refractivity contribution in [1.29, 1.82) is 0 Å². The minimum Gasteiger partial charge on any atom is -0.205 e. The first kappa shape index (κ1) is 9.03. The summed E-state index contributed by atoms with van der Waals surface area (Å²) in [5.41, 5.74) is 1.87. The molecule has 0 amide bonds. The molecule has 0 atom stereocenters. The van der Waals surface area contributed by atoms with Crippen molar-refractivity contribution in [2.75, 3.05) is 0 Å². The van der Waals surface area contributed by atoms with E-state index in [4.69, 9.17) is 0 Å². The normalized spacial score (nSPS) is 10.8. The van der Waals surface area contributed by atoms with Gasteiger partial charge in [0.25, 0.3) is 0 Å². The van der Waals surface area contributed by atoms with E-state index in [1.54, 1.807) is 18.2 Å². The van der Waals surface area contributed by atoms with Gasteiger partial charge >= 0.3 is 0 Å². The van der Waals surface area contributed by atoms with Crippen molar-refractivity contribution >= 4 is 11.0 Å². The molecule has 3 aromatic rings. The summed E-state index contributed by atoms with van der Waals surface area (Å²) in [5.74, 6) is -0.331. The van der Waals surface area contributed by atoms with Gasteiger partial charge in [0.1, 0.15) is 16.7 Å². The molecule has 3 nitrogen and oxygen atoms in total. The Bertz CT molecular complexity index is 612. The Morgan fingerprint density at radius 1 is 0.812 bits per heavy atom. The van der Waals surface area contributed by atoms with Crippen molar-refractivity contribution in [3.8, 4) is 5.69 Å². The SMILES string of the molecule is Fc1ccccc1-n1nc2ccccc2n1. The van der Waals surface area contributed by atoms with Crippen LogP contribution in [0.1, 0.15) is 0 Å². The molecule has 0 aliphatic rings. The van der Waals surface area contributed by atoms with Crippen molar-refractivity contribution < 1.29 is 4.39 Å². The number of hydrogen-bond donors (Lipinski definition) is 0. The number of aromatic nitrogens is 3. The number of nitrogens with zero attached hydrogens (tertiary/aromatic N) is 3. The maximum absolute atomic E-state index is 13.5. The molecule has 2 aromatic carbocycles. The molecule has 0 saturated carbocycles. The summed E-state index contributed by atoms with van der Waals surface area (Å²) in [4.78, 5) is 1.32. The summed E-state index contributed by atoms with van der Waals surface area (Å²) >= 11 is 0. The van der Waals surface area contributed by atoms with Gasteiger partial charge in [-0.3, -0.25) is 0 Å². The predicted molar refractivity (Wildman–Crippen MR) is 58.8 cm³/mol. The van der Waals surface area contributed by atoms with Gasteiger partial charge in [0, 0.05) is 0 Å². The summed E-state index contributed by atoms with van der Waals surface area (Å²) in [6.45, 7) is 0. The molecular weight excluding hydrogens is 205 g/mol. The van der Waals surface area contributed by atoms with Gasteiger partial charge in [0.2, 0.25) is 0 Å².